The SMILES string of the molecule is CC(C)[Si](OC[C@@H]1[C@@H](OCc2ccccc2)[C@H](OCc2ccccc2)[C@@H](OCc2ccccc2)c2nc(I)c(I)n21)(C(C)C)C(C)C. The summed E-state index contributed by atoms with van der Waals surface area (Å²) in [7, 11) is -2.19. The third kappa shape index (κ3) is 8.41. The monoisotopic (exact) mass is 878 g/mol. The number of hydrogen-bond donors (Lipinski definition) is 0. The van der Waals surface area contributed by atoms with E-state index in [-0.39, 0.29) is 12.1 Å². The zero-order valence-corrected chi connectivity index (χ0v) is 33.6. The van der Waals surface area contributed by atoms with Crippen molar-refractivity contribution in [2.75, 3.05) is 6.61 Å². The lowest BCUT2D eigenvalue weighted by molar-refractivity contribution is -0.186. The number of benzene rings is 3. The van der Waals surface area contributed by atoms with E-state index in [2.05, 4.69) is 140 Å². The zero-order chi connectivity index (χ0) is 33.6. The van der Waals surface area contributed by atoms with Crippen molar-refractivity contribution in [3.8, 4) is 0 Å². The molecule has 0 bridgehead atoms. The first-order valence-electron chi connectivity index (χ1n) is 16.7. The molecule has 0 unspecified atom stereocenters. The van der Waals surface area contributed by atoms with Crippen molar-refractivity contribution in [2.24, 2.45) is 0 Å². The Hall–Kier alpha value is -1.61. The molecular formula is C38H48I2N2O4Si. The molecule has 5 rings (SSSR count). The number of rotatable bonds is 15. The van der Waals surface area contributed by atoms with Gasteiger partial charge in [0.2, 0.25) is 0 Å². The fraction of sp³-hybridized carbons (Fsp3) is 0.447. The number of imidazole rings is 1. The van der Waals surface area contributed by atoms with Crippen LogP contribution in [-0.4, -0.2) is 36.7 Å². The Morgan fingerprint density at radius 2 is 1.06 bits per heavy atom. The number of aromatic nitrogens is 2. The Morgan fingerprint density at radius 1 is 0.638 bits per heavy atom. The summed E-state index contributed by atoms with van der Waals surface area (Å²) in [6.07, 6.45) is -1.23. The Morgan fingerprint density at radius 3 is 1.51 bits per heavy atom. The summed E-state index contributed by atoms with van der Waals surface area (Å²) in [5.74, 6) is 0.867. The second kappa shape index (κ2) is 16.9. The van der Waals surface area contributed by atoms with Crippen LogP contribution in [0.1, 0.15) is 76.2 Å². The van der Waals surface area contributed by atoms with E-state index in [0.29, 0.717) is 43.1 Å². The van der Waals surface area contributed by atoms with Crippen molar-refractivity contribution in [1.29, 1.82) is 0 Å². The molecule has 0 aliphatic carbocycles. The minimum atomic E-state index is -2.19. The lowest BCUT2D eigenvalue weighted by atomic mass is 9.95. The normalized spacial score (nSPS) is 19.9. The Labute approximate surface area is 309 Å². The fourth-order valence-corrected chi connectivity index (χ4v) is 14.0. The van der Waals surface area contributed by atoms with Crippen LogP contribution in [0.25, 0.3) is 0 Å². The number of fused-ring (bicyclic) bond motifs is 1. The summed E-state index contributed by atoms with van der Waals surface area (Å²) >= 11 is 4.78. The molecule has 1 aliphatic heterocycles. The second-order valence-electron chi connectivity index (χ2n) is 13.4. The van der Waals surface area contributed by atoms with E-state index in [9.17, 15) is 0 Å². The van der Waals surface area contributed by atoms with Gasteiger partial charge in [-0.15, -0.1) is 0 Å². The minimum absolute atomic E-state index is 0.155. The van der Waals surface area contributed by atoms with Crippen molar-refractivity contribution < 1.29 is 18.6 Å². The summed E-state index contributed by atoms with van der Waals surface area (Å²) in [6, 6.07) is 30.9. The van der Waals surface area contributed by atoms with Crippen LogP contribution in [0.15, 0.2) is 91.0 Å². The lowest BCUT2D eigenvalue weighted by Crippen LogP contribution is -2.53. The lowest BCUT2D eigenvalue weighted by Gasteiger charge is -2.47. The van der Waals surface area contributed by atoms with Crippen molar-refractivity contribution >= 4 is 53.5 Å². The second-order valence-corrected chi connectivity index (χ2v) is 20.9. The number of halogens is 2. The Bertz CT molecular complexity index is 1510. The molecule has 47 heavy (non-hydrogen) atoms. The first-order chi connectivity index (χ1) is 22.6. The maximum absolute atomic E-state index is 7.34. The molecule has 0 N–H and O–H groups in total. The summed E-state index contributed by atoms with van der Waals surface area (Å²) in [5, 5.41) is 0. The van der Waals surface area contributed by atoms with Crippen molar-refractivity contribution in [1.82, 2.24) is 9.55 Å². The van der Waals surface area contributed by atoms with E-state index in [1.807, 2.05) is 42.5 Å². The van der Waals surface area contributed by atoms with E-state index in [1.165, 1.54) is 0 Å². The van der Waals surface area contributed by atoms with Gasteiger partial charge < -0.3 is 23.2 Å². The highest BCUT2D eigenvalue weighted by atomic mass is 127. The predicted octanol–water partition coefficient (Wildman–Crippen LogP) is 10.3. The number of hydrogen-bond acceptors (Lipinski definition) is 5. The highest BCUT2D eigenvalue weighted by Gasteiger charge is 2.51. The molecule has 4 aromatic rings. The van der Waals surface area contributed by atoms with Gasteiger partial charge in [0.15, 0.2) is 8.32 Å². The summed E-state index contributed by atoms with van der Waals surface area (Å²) in [6.45, 7) is 15.9. The van der Waals surface area contributed by atoms with Gasteiger partial charge in [0.05, 0.1) is 32.5 Å². The first kappa shape index (κ1) is 36.7. The maximum atomic E-state index is 7.34. The Kier molecular flexibility index (Phi) is 13.2. The molecule has 1 aromatic heterocycles. The van der Waals surface area contributed by atoms with Gasteiger partial charge in [0.25, 0.3) is 0 Å². The molecule has 6 nitrogen and oxygen atoms in total. The molecule has 1 aliphatic rings. The largest absolute Gasteiger partial charge is 0.414 e. The minimum Gasteiger partial charge on any atom is -0.414 e. The van der Waals surface area contributed by atoms with Crippen LogP contribution in [0.4, 0.5) is 0 Å². The summed E-state index contributed by atoms with van der Waals surface area (Å²) < 4.78 is 32.5. The summed E-state index contributed by atoms with van der Waals surface area (Å²) in [4.78, 5) is 5.14. The third-order valence-electron chi connectivity index (χ3n) is 9.48. The molecule has 4 atom stereocenters. The van der Waals surface area contributed by atoms with Gasteiger partial charge in [-0.05, 0) is 78.5 Å². The van der Waals surface area contributed by atoms with Crippen LogP contribution in [-0.2, 0) is 38.5 Å². The molecule has 3 aromatic carbocycles. The smallest absolute Gasteiger partial charge is 0.200 e. The van der Waals surface area contributed by atoms with Gasteiger partial charge in [-0.3, -0.25) is 0 Å². The molecule has 0 radical (unpaired) electrons. The van der Waals surface area contributed by atoms with Crippen LogP contribution in [0.3, 0.4) is 0 Å². The van der Waals surface area contributed by atoms with Gasteiger partial charge in [0.1, 0.15) is 31.5 Å². The molecule has 2 heterocycles. The van der Waals surface area contributed by atoms with E-state index >= 15 is 0 Å². The molecule has 252 valence electrons. The standard InChI is InChI=1S/C38H48I2N2O4Si/c1-26(2)47(27(3)4,28(5)6)46-25-32-33(43-22-29-16-10-7-11-17-29)34(44-23-30-18-12-8-13-19-30)35(38-41-36(39)37(40)42(32)38)45-24-31-20-14-9-15-21-31/h7-21,26-28,32-35H,22-25H2,1-6H3/t32-,33-,34+,35-/m1/s1. The van der Waals surface area contributed by atoms with Gasteiger partial charge in [-0.2, -0.15) is 0 Å². The molecule has 9 heteroatoms. The predicted molar refractivity (Wildman–Crippen MR) is 208 cm³/mol. The van der Waals surface area contributed by atoms with Gasteiger partial charge in [-0.1, -0.05) is 133 Å². The van der Waals surface area contributed by atoms with Crippen molar-refractivity contribution in [3.63, 3.8) is 0 Å². The van der Waals surface area contributed by atoms with E-state index in [1.54, 1.807) is 0 Å². The van der Waals surface area contributed by atoms with E-state index in [0.717, 1.165) is 29.9 Å². The van der Waals surface area contributed by atoms with E-state index in [4.69, 9.17) is 23.6 Å². The van der Waals surface area contributed by atoms with Crippen molar-refractivity contribution in [3.05, 3.63) is 121 Å². The number of ether oxygens (including phenoxy) is 3. The molecule has 0 amide bonds. The third-order valence-corrected chi connectivity index (χ3v) is 18.4. The van der Waals surface area contributed by atoms with Gasteiger partial charge in [0, 0.05) is 0 Å². The highest BCUT2D eigenvalue weighted by Crippen LogP contribution is 2.46. The molecule has 0 spiro atoms. The van der Waals surface area contributed by atoms with Gasteiger partial charge >= 0.3 is 0 Å². The van der Waals surface area contributed by atoms with Crippen LogP contribution >= 0.6 is 45.2 Å². The molecule has 0 saturated heterocycles. The quantitative estimate of drug-likeness (QED) is 0.0880. The topological polar surface area (TPSA) is 54.7 Å². The zero-order valence-electron chi connectivity index (χ0n) is 28.3. The maximum Gasteiger partial charge on any atom is 0.200 e. The van der Waals surface area contributed by atoms with Crippen molar-refractivity contribution in [2.45, 2.75) is 102 Å². The molecule has 0 fully saturated rings. The Balaban J connectivity index is 1.59. The average molecular weight is 879 g/mol. The molecule has 0 saturated carbocycles. The van der Waals surface area contributed by atoms with Crippen LogP contribution in [0.2, 0.25) is 16.6 Å². The molecular weight excluding hydrogens is 830 g/mol. The number of nitrogens with zero attached hydrogens (tertiary/aromatic N) is 2. The average Bonchev–Trinajstić information content (AvgIpc) is 3.36. The van der Waals surface area contributed by atoms with Crippen LogP contribution in [0.5, 0.6) is 0 Å². The van der Waals surface area contributed by atoms with Gasteiger partial charge in [-0.25, -0.2) is 4.98 Å². The van der Waals surface area contributed by atoms with Crippen LogP contribution < -0.4 is 0 Å². The van der Waals surface area contributed by atoms with Crippen LogP contribution in [0, 0.1) is 7.40 Å². The highest BCUT2D eigenvalue weighted by molar-refractivity contribution is 14.1. The first-order valence-corrected chi connectivity index (χ1v) is 21.0. The van der Waals surface area contributed by atoms with E-state index < -0.39 is 20.5 Å². The fourth-order valence-electron chi connectivity index (χ4n) is 7.35. The summed E-state index contributed by atoms with van der Waals surface area (Å²) in [5.41, 5.74) is 4.71.